The topological polar surface area (TPSA) is 157 Å². The maximum absolute atomic E-state index is 13.4. The second-order valence-corrected chi connectivity index (χ2v) is 11.7. The molecule has 5 rings (SSSR count). The van der Waals surface area contributed by atoms with Crippen molar-refractivity contribution < 1.29 is 36.7 Å². The molecule has 13 nitrogen and oxygen atoms in total. The molecule has 1 fully saturated rings. The van der Waals surface area contributed by atoms with Crippen molar-refractivity contribution in [3.63, 3.8) is 0 Å². The number of amides is 3. The Morgan fingerprint density at radius 3 is 2.60 bits per heavy atom. The lowest BCUT2D eigenvalue weighted by molar-refractivity contribution is -0.140. The first-order chi connectivity index (χ1) is 21.3. The highest BCUT2D eigenvalue weighted by molar-refractivity contribution is 7.13. The van der Waals surface area contributed by atoms with Crippen LogP contribution in [0, 0.1) is 0 Å². The smallest absolute Gasteiger partial charge is 0.434 e. The van der Waals surface area contributed by atoms with Crippen LogP contribution in [0.3, 0.4) is 0 Å². The van der Waals surface area contributed by atoms with Gasteiger partial charge in [0, 0.05) is 53.8 Å². The van der Waals surface area contributed by atoms with Gasteiger partial charge < -0.3 is 19.2 Å². The molecule has 17 heteroatoms. The van der Waals surface area contributed by atoms with Gasteiger partial charge >= 0.3 is 18.3 Å². The molecule has 0 unspecified atom stereocenters. The average Bonchev–Trinajstić information content (AvgIpc) is 3.68. The normalized spacial score (nSPS) is 15.5. The minimum atomic E-state index is -4.64. The van der Waals surface area contributed by atoms with Crippen molar-refractivity contribution in [2.45, 2.75) is 45.5 Å². The minimum Gasteiger partial charge on any atom is -0.444 e. The third kappa shape index (κ3) is 7.54. The summed E-state index contributed by atoms with van der Waals surface area (Å²) in [5.41, 5.74) is -0.207. The zero-order valence-electron chi connectivity index (χ0n) is 24.6. The highest BCUT2D eigenvalue weighted by Crippen LogP contribution is 2.39. The number of aromatic nitrogens is 5. The Kier molecular flexibility index (Phi) is 9.01. The van der Waals surface area contributed by atoms with E-state index in [4.69, 9.17) is 13.9 Å². The van der Waals surface area contributed by atoms with Crippen molar-refractivity contribution in [1.82, 2.24) is 35.4 Å². The summed E-state index contributed by atoms with van der Waals surface area (Å²) in [5, 5.41) is 14.4. The maximum Gasteiger partial charge on any atom is 0.434 e. The molecule has 0 bridgehead atoms. The molecular formula is C28H29F3N8O5S. The molecule has 0 saturated carbocycles. The van der Waals surface area contributed by atoms with Crippen LogP contribution in [0.2, 0.25) is 0 Å². The number of carbonyl (C=O) groups excluding carboxylic acids is 2. The Morgan fingerprint density at radius 1 is 1.11 bits per heavy atom. The fraction of sp³-hybridized carbons (Fsp3) is 0.393. The van der Waals surface area contributed by atoms with Crippen LogP contribution >= 0.6 is 11.3 Å². The van der Waals surface area contributed by atoms with E-state index in [9.17, 15) is 22.8 Å². The molecule has 1 aliphatic heterocycles. The first-order valence-corrected chi connectivity index (χ1v) is 14.6. The summed E-state index contributed by atoms with van der Waals surface area (Å²) >= 11 is 0.799. The Balaban J connectivity index is 1.48. The number of hydrogen-bond acceptors (Lipinski definition) is 11. The summed E-state index contributed by atoms with van der Waals surface area (Å²) in [6.07, 6.45) is -0.795. The lowest BCUT2D eigenvalue weighted by atomic mass is 10.0. The van der Waals surface area contributed by atoms with Crippen LogP contribution in [0.4, 0.5) is 28.6 Å². The molecule has 2 N–H and O–H groups in total. The van der Waals surface area contributed by atoms with Crippen LogP contribution < -0.4 is 10.6 Å². The standard InChI is InChI=1S/C28H29F3N8O5S/c1-5-33-25(40)36-21-9-17(24-35-20(14-45-24)28(29,30)31)18(12-34-21)15-8-16(11-32-10-15)22-37-38-23(43-22)19-13-42-7-6-39(19)26(41)44-27(2,3)4/h8-12,14,19H,5-7,13H2,1-4H3,(H2,33,34,36,40)/t19-/m1/s1. The molecule has 0 aliphatic carbocycles. The second kappa shape index (κ2) is 12.8. The molecule has 4 aromatic heterocycles. The van der Waals surface area contributed by atoms with Gasteiger partial charge in [0.15, 0.2) is 5.69 Å². The average molecular weight is 647 g/mol. The number of nitrogens with zero attached hydrogens (tertiary/aromatic N) is 6. The van der Waals surface area contributed by atoms with E-state index < -0.39 is 35.6 Å². The van der Waals surface area contributed by atoms with Crippen LogP contribution in [0.25, 0.3) is 33.2 Å². The lowest BCUT2D eigenvalue weighted by Crippen LogP contribution is -2.45. The van der Waals surface area contributed by atoms with E-state index in [1.54, 1.807) is 33.8 Å². The van der Waals surface area contributed by atoms with Crippen LogP contribution in [0.15, 0.2) is 40.5 Å². The van der Waals surface area contributed by atoms with Gasteiger partial charge in [-0.25, -0.2) is 19.6 Å². The number of thiazole rings is 1. The van der Waals surface area contributed by atoms with Gasteiger partial charge in [-0.15, -0.1) is 21.5 Å². The number of urea groups is 1. The Bertz CT molecular complexity index is 1690. The van der Waals surface area contributed by atoms with E-state index >= 15 is 0 Å². The van der Waals surface area contributed by atoms with E-state index in [1.165, 1.54) is 29.6 Å². The first-order valence-electron chi connectivity index (χ1n) is 13.8. The van der Waals surface area contributed by atoms with Gasteiger partial charge in [-0.2, -0.15) is 13.2 Å². The summed E-state index contributed by atoms with van der Waals surface area (Å²) in [6, 6.07) is 1.89. The molecule has 5 heterocycles. The predicted octanol–water partition coefficient (Wildman–Crippen LogP) is 5.79. The molecule has 3 amide bonds. The summed E-state index contributed by atoms with van der Waals surface area (Å²) in [6.45, 7) is 8.11. The molecule has 1 atom stereocenters. The second-order valence-electron chi connectivity index (χ2n) is 10.8. The van der Waals surface area contributed by atoms with Crippen molar-refractivity contribution in [2.75, 3.05) is 31.6 Å². The van der Waals surface area contributed by atoms with Crippen LogP contribution in [-0.4, -0.2) is 74.1 Å². The number of carbonyl (C=O) groups is 2. The van der Waals surface area contributed by atoms with E-state index in [1.807, 2.05) is 0 Å². The van der Waals surface area contributed by atoms with Gasteiger partial charge in [-0.1, -0.05) is 0 Å². The van der Waals surface area contributed by atoms with Gasteiger partial charge in [0.25, 0.3) is 0 Å². The Labute approximate surface area is 259 Å². The molecule has 1 aliphatic rings. The van der Waals surface area contributed by atoms with Crippen molar-refractivity contribution in [3.05, 3.63) is 47.7 Å². The number of rotatable bonds is 6. The summed E-state index contributed by atoms with van der Waals surface area (Å²) in [7, 11) is 0. The largest absolute Gasteiger partial charge is 0.444 e. The number of ether oxygens (including phenoxy) is 2. The zero-order chi connectivity index (χ0) is 32.4. The predicted molar refractivity (Wildman–Crippen MR) is 156 cm³/mol. The van der Waals surface area contributed by atoms with Gasteiger partial charge in [-0.05, 0) is 39.8 Å². The number of hydrogen-bond donors (Lipinski definition) is 2. The summed E-state index contributed by atoms with van der Waals surface area (Å²) < 4.78 is 57.2. The number of morpholine rings is 1. The number of alkyl halides is 3. The minimum absolute atomic E-state index is 0.0590. The zero-order valence-corrected chi connectivity index (χ0v) is 25.5. The maximum atomic E-state index is 13.4. The molecule has 238 valence electrons. The van der Waals surface area contributed by atoms with E-state index in [-0.39, 0.29) is 41.3 Å². The highest BCUT2D eigenvalue weighted by Gasteiger charge is 2.36. The Hall–Kier alpha value is -4.64. The Morgan fingerprint density at radius 2 is 1.89 bits per heavy atom. The third-order valence-electron chi connectivity index (χ3n) is 6.29. The molecule has 1 saturated heterocycles. The molecule has 0 aromatic carbocycles. The lowest BCUT2D eigenvalue weighted by Gasteiger charge is -2.34. The molecule has 4 aromatic rings. The van der Waals surface area contributed by atoms with Crippen molar-refractivity contribution >= 4 is 29.3 Å². The third-order valence-corrected chi connectivity index (χ3v) is 7.16. The fourth-order valence-electron chi connectivity index (χ4n) is 4.32. The highest BCUT2D eigenvalue weighted by atomic mass is 32.1. The monoisotopic (exact) mass is 646 g/mol. The molecular weight excluding hydrogens is 617 g/mol. The van der Waals surface area contributed by atoms with Gasteiger partial charge in [0.2, 0.25) is 11.8 Å². The van der Waals surface area contributed by atoms with E-state index in [0.717, 1.165) is 16.7 Å². The molecule has 0 radical (unpaired) electrons. The van der Waals surface area contributed by atoms with Gasteiger partial charge in [0.05, 0.1) is 18.8 Å². The SMILES string of the molecule is CCNC(=O)Nc1cc(-c2nc(C(F)(F)F)cs2)c(-c2cncc(-c3nnc([C@H]4COCCN4C(=O)OC(C)(C)C)o3)c2)cn1. The first kappa shape index (κ1) is 31.8. The number of pyridine rings is 2. The number of halogens is 3. The van der Waals surface area contributed by atoms with Crippen molar-refractivity contribution in [1.29, 1.82) is 0 Å². The molecule has 0 spiro atoms. The number of anilines is 1. The van der Waals surface area contributed by atoms with Crippen molar-refractivity contribution in [3.8, 4) is 33.2 Å². The van der Waals surface area contributed by atoms with Crippen LogP contribution in [-0.2, 0) is 15.7 Å². The molecule has 45 heavy (non-hydrogen) atoms. The fourth-order valence-corrected chi connectivity index (χ4v) is 5.17. The van der Waals surface area contributed by atoms with Gasteiger partial charge in [0.1, 0.15) is 22.5 Å². The van der Waals surface area contributed by atoms with E-state index in [0.29, 0.717) is 29.8 Å². The van der Waals surface area contributed by atoms with Crippen LogP contribution in [0.1, 0.15) is 45.3 Å². The summed E-state index contributed by atoms with van der Waals surface area (Å²) in [4.78, 5) is 38.8. The van der Waals surface area contributed by atoms with Gasteiger partial charge in [-0.3, -0.25) is 15.2 Å². The number of nitrogens with one attached hydrogen (secondary N) is 2. The quantitative estimate of drug-likeness (QED) is 0.263. The summed E-state index contributed by atoms with van der Waals surface area (Å²) in [5.74, 6) is 0.330. The van der Waals surface area contributed by atoms with E-state index in [2.05, 4.69) is 35.8 Å². The van der Waals surface area contributed by atoms with Crippen molar-refractivity contribution in [2.24, 2.45) is 0 Å². The van der Waals surface area contributed by atoms with Crippen LogP contribution in [0.5, 0.6) is 0 Å².